The first kappa shape index (κ1) is 16.2. The number of hydrogen-bond donors (Lipinski definition) is 2. The molecule has 0 radical (unpaired) electrons. The van der Waals surface area contributed by atoms with Crippen LogP contribution in [0.25, 0.3) is 0 Å². The molecule has 1 heterocycles. The molecule has 0 aliphatic rings. The zero-order valence-electron chi connectivity index (χ0n) is 12.5. The van der Waals surface area contributed by atoms with Gasteiger partial charge < -0.3 is 16.0 Å². The van der Waals surface area contributed by atoms with Gasteiger partial charge in [0.1, 0.15) is 5.82 Å². The third-order valence-electron chi connectivity index (χ3n) is 2.77. The van der Waals surface area contributed by atoms with Crippen LogP contribution in [0.2, 0.25) is 0 Å². The van der Waals surface area contributed by atoms with E-state index in [4.69, 9.17) is 5.73 Å². The minimum Gasteiger partial charge on any atom is -0.384 e. The van der Waals surface area contributed by atoms with E-state index >= 15 is 0 Å². The lowest BCUT2D eigenvalue weighted by molar-refractivity contribution is -0.384. The minimum absolute atomic E-state index is 0.0493. The lowest BCUT2D eigenvalue weighted by Gasteiger charge is -2.24. The molecular weight excluding hydrogens is 258 g/mol. The summed E-state index contributed by atoms with van der Waals surface area (Å²) in [5.74, 6) is 0.987. The standard InChI is InChI=1S/C13H23N5O2/c1-9(2)7-10(8-17(3)4)15-13-11(18(19)20)5-6-12(14)16-13/h5-6,9-10H,7-8H2,1-4H3,(H3,14,15,16). The Balaban J connectivity index is 2.96. The van der Waals surface area contributed by atoms with Gasteiger partial charge in [0.2, 0.25) is 5.82 Å². The summed E-state index contributed by atoms with van der Waals surface area (Å²) in [6.45, 7) is 5.00. The summed E-state index contributed by atoms with van der Waals surface area (Å²) in [6.07, 6.45) is 0.895. The van der Waals surface area contributed by atoms with Crippen LogP contribution in [-0.2, 0) is 0 Å². The maximum atomic E-state index is 11.0. The van der Waals surface area contributed by atoms with Crippen LogP contribution < -0.4 is 11.1 Å². The molecule has 112 valence electrons. The molecule has 1 unspecified atom stereocenters. The van der Waals surface area contributed by atoms with E-state index in [1.807, 2.05) is 19.0 Å². The van der Waals surface area contributed by atoms with Crippen LogP contribution in [0, 0.1) is 16.0 Å². The van der Waals surface area contributed by atoms with E-state index in [1.165, 1.54) is 12.1 Å². The van der Waals surface area contributed by atoms with E-state index in [0.29, 0.717) is 5.92 Å². The van der Waals surface area contributed by atoms with Crippen molar-refractivity contribution in [1.29, 1.82) is 0 Å². The molecule has 0 aliphatic carbocycles. The van der Waals surface area contributed by atoms with E-state index in [2.05, 4.69) is 24.1 Å². The Hall–Kier alpha value is -1.89. The van der Waals surface area contributed by atoms with Gasteiger partial charge in [0.05, 0.1) is 4.92 Å². The van der Waals surface area contributed by atoms with Crippen molar-refractivity contribution >= 4 is 17.3 Å². The molecule has 1 aromatic heterocycles. The SMILES string of the molecule is CC(C)CC(CN(C)C)Nc1nc(N)ccc1[N+](=O)[O-]. The van der Waals surface area contributed by atoms with Crippen molar-refractivity contribution in [2.75, 3.05) is 31.7 Å². The van der Waals surface area contributed by atoms with Gasteiger partial charge in [0.15, 0.2) is 0 Å². The van der Waals surface area contributed by atoms with Gasteiger partial charge >= 0.3 is 5.69 Å². The Labute approximate surface area is 119 Å². The molecule has 0 fully saturated rings. The predicted molar refractivity (Wildman–Crippen MR) is 80.7 cm³/mol. The van der Waals surface area contributed by atoms with E-state index in [1.54, 1.807) is 0 Å². The van der Waals surface area contributed by atoms with Crippen LogP contribution in [0.5, 0.6) is 0 Å². The lowest BCUT2D eigenvalue weighted by atomic mass is 10.0. The van der Waals surface area contributed by atoms with Gasteiger partial charge in [0, 0.05) is 18.7 Å². The number of nitrogens with one attached hydrogen (secondary N) is 1. The van der Waals surface area contributed by atoms with Crippen LogP contribution in [0.15, 0.2) is 12.1 Å². The average Bonchev–Trinajstić information content (AvgIpc) is 2.26. The third-order valence-corrected chi connectivity index (χ3v) is 2.77. The summed E-state index contributed by atoms with van der Waals surface area (Å²) in [5, 5.41) is 14.2. The summed E-state index contributed by atoms with van der Waals surface area (Å²) in [7, 11) is 3.94. The Morgan fingerprint density at radius 3 is 2.60 bits per heavy atom. The van der Waals surface area contributed by atoms with Crippen molar-refractivity contribution < 1.29 is 4.92 Å². The average molecular weight is 281 g/mol. The van der Waals surface area contributed by atoms with E-state index < -0.39 is 4.92 Å². The molecule has 20 heavy (non-hydrogen) atoms. The number of nitro groups is 1. The fraction of sp³-hybridized carbons (Fsp3) is 0.615. The lowest BCUT2D eigenvalue weighted by Crippen LogP contribution is -2.34. The molecule has 7 nitrogen and oxygen atoms in total. The van der Waals surface area contributed by atoms with Gasteiger partial charge in [-0.1, -0.05) is 13.8 Å². The number of likely N-dealkylation sites (N-methyl/N-ethyl adjacent to an activating group) is 1. The van der Waals surface area contributed by atoms with E-state index in [-0.39, 0.29) is 23.4 Å². The Morgan fingerprint density at radius 2 is 2.10 bits per heavy atom. The monoisotopic (exact) mass is 281 g/mol. The molecule has 0 bridgehead atoms. The molecule has 0 saturated carbocycles. The largest absolute Gasteiger partial charge is 0.384 e. The van der Waals surface area contributed by atoms with Crippen molar-refractivity contribution in [3.05, 3.63) is 22.2 Å². The van der Waals surface area contributed by atoms with Gasteiger partial charge in [0.25, 0.3) is 0 Å². The number of nitrogens with zero attached hydrogens (tertiary/aromatic N) is 3. The summed E-state index contributed by atoms with van der Waals surface area (Å²) in [6, 6.07) is 2.90. The van der Waals surface area contributed by atoms with Crippen LogP contribution in [-0.4, -0.2) is 41.5 Å². The molecular formula is C13H23N5O2. The number of hydrogen-bond acceptors (Lipinski definition) is 6. The summed E-state index contributed by atoms with van der Waals surface area (Å²) in [4.78, 5) is 16.7. The summed E-state index contributed by atoms with van der Waals surface area (Å²) >= 11 is 0. The number of aromatic nitrogens is 1. The predicted octanol–water partition coefficient (Wildman–Crippen LogP) is 1.96. The van der Waals surface area contributed by atoms with Gasteiger partial charge in [-0.25, -0.2) is 4.98 Å². The topological polar surface area (TPSA) is 97.3 Å². The molecule has 3 N–H and O–H groups in total. The zero-order chi connectivity index (χ0) is 15.3. The molecule has 7 heteroatoms. The molecule has 1 atom stereocenters. The van der Waals surface area contributed by atoms with Gasteiger partial charge in [-0.3, -0.25) is 10.1 Å². The number of nitrogens with two attached hydrogens (primary N) is 1. The van der Waals surface area contributed by atoms with Gasteiger partial charge in [-0.2, -0.15) is 0 Å². The minimum atomic E-state index is -0.448. The van der Waals surface area contributed by atoms with Gasteiger partial charge in [-0.05, 0) is 32.5 Å². The quantitative estimate of drug-likeness (QED) is 0.585. The van der Waals surface area contributed by atoms with Gasteiger partial charge in [-0.15, -0.1) is 0 Å². The maximum Gasteiger partial charge on any atom is 0.311 e. The number of nitrogen functional groups attached to an aromatic ring is 1. The Morgan fingerprint density at radius 1 is 1.45 bits per heavy atom. The van der Waals surface area contributed by atoms with Crippen LogP contribution in [0.4, 0.5) is 17.3 Å². The number of anilines is 2. The van der Waals surface area contributed by atoms with Crippen molar-refractivity contribution in [3.63, 3.8) is 0 Å². The zero-order valence-corrected chi connectivity index (χ0v) is 12.5. The molecule has 0 aromatic carbocycles. The fourth-order valence-electron chi connectivity index (χ4n) is 2.10. The number of rotatable bonds is 7. The highest BCUT2D eigenvalue weighted by Gasteiger charge is 2.20. The molecule has 0 saturated heterocycles. The molecule has 1 rings (SSSR count). The van der Waals surface area contributed by atoms with Crippen molar-refractivity contribution in [1.82, 2.24) is 9.88 Å². The first-order valence-corrected chi connectivity index (χ1v) is 6.61. The normalized spacial score (nSPS) is 12.7. The third kappa shape index (κ3) is 5.00. The second-order valence-electron chi connectivity index (χ2n) is 5.59. The molecule has 0 aliphatic heterocycles. The van der Waals surface area contributed by atoms with Crippen LogP contribution in [0.1, 0.15) is 20.3 Å². The molecule has 0 amide bonds. The molecule has 1 aromatic rings. The highest BCUT2D eigenvalue weighted by Crippen LogP contribution is 2.24. The second kappa shape index (κ2) is 7.04. The summed E-state index contributed by atoms with van der Waals surface area (Å²) in [5.41, 5.74) is 5.57. The van der Waals surface area contributed by atoms with Crippen LogP contribution >= 0.6 is 0 Å². The first-order valence-electron chi connectivity index (χ1n) is 6.61. The highest BCUT2D eigenvalue weighted by molar-refractivity contribution is 5.59. The van der Waals surface area contributed by atoms with Crippen LogP contribution in [0.3, 0.4) is 0 Å². The Kier molecular flexibility index (Phi) is 5.69. The fourth-order valence-corrected chi connectivity index (χ4v) is 2.10. The second-order valence-corrected chi connectivity index (χ2v) is 5.59. The van der Waals surface area contributed by atoms with E-state index in [0.717, 1.165) is 13.0 Å². The number of pyridine rings is 1. The highest BCUT2D eigenvalue weighted by atomic mass is 16.6. The van der Waals surface area contributed by atoms with Crippen molar-refractivity contribution in [3.8, 4) is 0 Å². The van der Waals surface area contributed by atoms with Crippen molar-refractivity contribution in [2.45, 2.75) is 26.3 Å². The smallest absolute Gasteiger partial charge is 0.311 e. The first-order chi connectivity index (χ1) is 9.29. The Bertz CT molecular complexity index is 452. The summed E-state index contributed by atoms with van der Waals surface area (Å²) < 4.78 is 0. The van der Waals surface area contributed by atoms with Crippen molar-refractivity contribution in [2.24, 2.45) is 5.92 Å². The molecule has 0 spiro atoms. The maximum absolute atomic E-state index is 11.0. The van der Waals surface area contributed by atoms with E-state index in [9.17, 15) is 10.1 Å².